The molecule has 0 N–H and O–H groups in total. The molecule has 0 saturated carbocycles. The Morgan fingerprint density at radius 3 is 2.04 bits per heavy atom. The van der Waals surface area contributed by atoms with Gasteiger partial charge in [0.1, 0.15) is 0 Å². The van der Waals surface area contributed by atoms with Crippen molar-refractivity contribution in [3.63, 3.8) is 0 Å². The monoisotopic (exact) mass is 323 g/mol. The molecule has 4 heteroatoms. The third-order valence-corrected chi connectivity index (χ3v) is 4.15. The number of rotatable bonds is 7. The highest BCUT2D eigenvalue weighted by atomic mass is 16.5. The van der Waals surface area contributed by atoms with Gasteiger partial charge in [-0.05, 0) is 29.7 Å². The van der Waals surface area contributed by atoms with E-state index in [0.717, 1.165) is 30.6 Å². The van der Waals surface area contributed by atoms with Crippen molar-refractivity contribution in [1.82, 2.24) is 4.90 Å². The van der Waals surface area contributed by atoms with Gasteiger partial charge in [-0.3, -0.25) is 14.5 Å². The Hall–Kier alpha value is -2.46. The Bertz CT molecular complexity index is 702. The quantitative estimate of drug-likeness (QED) is 0.575. The molecule has 124 valence electrons. The minimum absolute atomic E-state index is 0.220. The molecule has 0 radical (unpaired) electrons. The van der Waals surface area contributed by atoms with Gasteiger partial charge in [0, 0.05) is 6.61 Å². The molecule has 0 aliphatic carbocycles. The number of amides is 2. The van der Waals surface area contributed by atoms with E-state index in [2.05, 4.69) is 6.92 Å². The number of unbranched alkanes of at least 4 members (excludes halogenated alkanes) is 1. The number of imide groups is 1. The van der Waals surface area contributed by atoms with Crippen LogP contribution in [0.5, 0.6) is 0 Å². The first-order valence-electron chi connectivity index (χ1n) is 8.31. The summed E-state index contributed by atoms with van der Waals surface area (Å²) in [7, 11) is 0. The normalized spacial score (nSPS) is 13.5. The third-order valence-electron chi connectivity index (χ3n) is 4.15. The van der Waals surface area contributed by atoms with E-state index in [1.54, 1.807) is 24.3 Å². The minimum Gasteiger partial charge on any atom is -0.377 e. The van der Waals surface area contributed by atoms with E-state index in [1.807, 2.05) is 24.3 Å². The average Bonchev–Trinajstić information content (AvgIpc) is 2.85. The van der Waals surface area contributed by atoms with Crippen LogP contribution in [0.3, 0.4) is 0 Å². The van der Waals surface area contributed by atoms with Crippen molar-refractivity contribution in [2.45, 2.75) is 32.9 Å². The van der Waals surface area contributed by atoms with Crippen LogP contribution in [0.4, 0.5) is 0 Å². The first-order chi connectivity index (χ1) is 11.7. The van der Waals surface area contributed by atoms with E-state index in [1.165, 1.54) is 4.90 Å². The Morgan fingerprint density at radius 2 is 1.46 bits per heavy atom. The lowest BCUT2D eigenvalue weighted by Gasteiger charge is -2.14. The minimum atomic E-state index is -0.220. The van der Waals surface area contributed by atoms with Crippen molar-refractivity contribution in [1.29, 1.82) is 0 Å². The number of hydrogen-bond donors (Lipinski definition) is 0. The summed E-state index contributed by atoms with van der Waals surface area (Å²) in [6.45, 7) is 3.79. The van der Waals surface area contributed by atoms with Gasteiger partial charge in [0.2, 0.25) is 0 Å². The smallest absolute Gasteiger partial charge is 0.261 e. The number of carbonyl (C=O) groups excluding carboxylic acids is 2. The summed E-state index contributed by atoms with van der Waals surface area (Å²) in [5.74, 6) is -0.440. The molecule has 4 nitrogen and oxygen atoms in total. The zero-order valence-electron chi connectivity index (χ0n) is 13.8. The summed E-state index contributed by atoms with van der Waals surface area (Å²) in [5, 5.41) is 0. The van der Waals surface area contributed by atoms with Crippen LogP contribution in [0.2, 0.25) is 0 Å². The standard InChI is InChI=1S/C20H21NO3/c1-2-3-12-24-14-16-10-8-15(9-11-16)13-21-19(22)17-6-4-5-7-18(17)20(21)23/h4-11H,2-3,12-14H2,1H3. The van der Waals surface area contributed by atoms with E-state index in [9.17, 15) is 9.59 Å². The molecule has 2 amide bonds. The fourth-order valence-electron chi connectivity index (χ4n) is 2.74. The highest BCUT2D eigenvalue weighted by Crippen LogP contribution is 2.24. The lowest BCUT2D eigenvalue weighted by molar-refractivity contribution is 0.0642. The Morgan fingerprint density at radius 1 is 0.875 bits per heavy atom. The highest BCUT2D eigenvalue weighted by Gasteiger charge is 2.34. The van der Waals surface area contributed by atoms with E-state index >= 15 is 0 Å². The molecule has 1 heterocycles. The van der Waals surface area contributed by atoms with Gasteiger partial charge >= 0.3 is 0 Å². The first kappa shape index (κ1) is 16.4. The molecule has 0 aromatic heterocycles. The van der Waals surface area contributed by atoms with Crippen molar-refractivity contribution < 1.29 is 14.3 Å². The number of ether oxygens (including phenoxy) is 1. The molecule has 3 rings (SSSR count). The molecule has 1 aliphatic rings. The topological polar surface area (TPSA) is 46.6 Å². The van der Waals surface area contributed by atoms with E-state index in [-0.39, 0.29) is 11.8 Å². The molecular formula is C20H21NO3. The molecule has 0 bridgehead atoms. The van der Waals surface area contributed by atoms with Crippen molar-refractivity contribution in [3.05, 3.63) is 70.8 Å². The van der Waals surface area contributed by atoms with Gasteiger partial charge in [0.05, 0.1) is 24.3 Å². The number of fused-ring (bicyclic) bond motifs is 1. The Balaban J connectivity index is 1.63. The van der Waals surface area contributed by atoms with Crippen LogP contribution in [0.15, 0.2) is 48.5 Å². The van der Waals surface area contributed by atoms with E-state index in [0.29, 0.717) is 24.3 Å². The molecular weight excluding hydrogens is 302 g/mol. The summed E-state index contributed by atoms with van der Waals surface area (Å²) >= 11 is 0. The number of benzene rings is 2. The molecule has 24 heavy (non-hydrogen) atoms. The predicted molar refractivity (Wildman–Crippen MR) is 91.7 cm³/mol. The molecule has 0 spiro atoms. The van der Waals surface area contributed by atoms with Gasteiger partial charge in [-0.25, -0.2) is 0 Å². The van der Waals surface area contributed by atoms with Crippen LogP contribution < -0.4 is 0 Å². The van der Waals surface area contributed by atoms with Crippen LogP contribution in [0, 0.1) is 0 Å². The largest absolute Gasteiger partial charge is 0.377 e. The molecule has 2 aromatic carbocycles. The predicted octanol–water partition coefficient (Wildman–Crippen LogP) is 3.80. The maximum Gasteiger partial charge on any atom is 0.261 e. The second-order valence-corrected chi connectivity index (χ2v) is 5.96. The highest BCUT2D eigenvalue weighted by molar-refractivity contribution is 6.21. The van der Waals surface area contributed by atoms with Crippen molar-refractivity contribution in [2.24, 2.45) is 0 Å². The maximum absolute atomic E-state index is 12.4. The summed E-state index contributed by atoms with van der Waals surface area (Å²) in [4.78, 5) is 26.0. The number of hydrogen-bond acceptors (Lipinski definition) is 3. The summed E-state index contributed by atoms with van der Waals surface area (Å²) in [5.41, 5.74) is 3.01. The second-order valence-electron chi connectivity index (χ2n) is 5.96. The average molecular weight is 323 g/mol. The molecule has 1 aliphatic heterocycles. The molecule has 0 atom stereocenters. The summed E-state index contributed by atoms with van der Waals surface area (Å²) < 4.78 is 5.59. The van der Waals surface area contributed by atoms with E-state index in [4.69, 9.17) is 4.74 Å². The molecule has 0 saturated heterocycles. The Kier molecular flexibility index (Phi) is 5.06. The van der Waals surface area contributed by atoms with Gasteiger partial charge in [0.25, 0.3) is 11.8 Å². The van der Waals surface area contributed by atoms with Crippen LogP contribution in [0.25, 0.3) is 0 Å². The van der Waals surface area contributed by atoms with Gasteiger partial charge in [-0.1, -0.05) is 49.7 Å². The third kappa shape index (κ3) is 3.39. The molecule has 0 fully saturated rings. The summed E-state index contributed by atoms with van der Waals surface area (Å²) in [6.07, 6.45) is 2.19. The number of carbonyl (C=O) groups is 2. The van der Waals surface area contributed by atoms with Crippen LogP contribution >= 0.6 is 0 Å². The van der Waals surface area contributed by atoms with E-state index < -0.39 is 0 Å². The first-order valence-corrected chi connectivity index (χ1v) is 8.31. The second kappa shape index (κ2) is 7.41. The fraction of sp³-hybridized carbons (Fsp3) is 0.300. The zero-order valence-corrected chi connectivity index (χ0v) is 13.8. The van der Waals surface area contributed by atoms with Crippen molar-refractivity contribution in [2.75, 3.05) is 6.61 Å². The van der Waals surface area contributed by atoms with Gasteiger partial charge in [0.15, 0.2) is 0 Å². The van der Waals surface area contributed by atoms with Crippen LogP contribution in [-0.4, -0.2) is 23.3 Å². The zero-order chi connectivity index (χ0) is 16.9. The SMILES string of the molecule is CCCCOCc1ccc(CN2C(=O)c3ccccc3C2=O)cc1. The van der Waals surface area contributed by atoms with Gasteiger partial charge in [-0.2, -0.15) is 0 Å². The van der Waals surface area contributed by atoms with Gasteiger partial charge in [-0.15, -0.1) is 0 Å². The molecule has 2 aromatic rings. The van der Waals surface area contributed by atoms with Crippen molar-refractivity contribution >= 4 is 11.8 Å². The maximum atomic E-state index is 12.4. The van der Waals surface area contributed by atoms with Crippen LogP contribution in [-0.2, 0) is 17.9 Å². The summed E-state index contributed by atoms with van der Waals surface area (Å²) in [6, 6.07) is 14.8. The Labute approximate surface area is 142 Å². The lowest BCUT2D eigenvalue weighted by atomic mass is 10.1. The van der Waals surface area contributed by atoms with Crippen LogP contribution in [0.1, 0.15) is 51.6 Å². The van der Waals surface area contributed by atoms with Crippen molar-refractivity contribution in [3.8, 4) is 0 Å². The lowest BCUT2D eigenvalue weighted by Crippen LogP contribution is -2.29. The number of nitrogens with zero attached hydrogens (tertiary/aromatic N) is 1. The fourth-order valence-corrected chi connectivity index (χ4v) is 2.74. The van der Waals surface area contributed by atoms with Gasteiger partial charge < -0.3 is 4.74 Å². The molecule has 0 unspecified atom stereocenters.